The molecule has 30 heavy (non-hydrogen) atoms. The highest BCUT2D eigenvalue weighted by Crippen LogP contribution is 2.33. The van der Waals surface area contributed by atoms with Gasteiger partial charge in [0.15, 0.2) is 8.32 Å². The van der Waals surface area contributed by atoms with E-state index in [1.165, 1.54) is 49.9 Å². The Labute approximate surface area is 188 Å². The minimum absolute atomic E-state index is 0.463. The molecule has 2 saturated carbocycles. The van der Waals surface area contributed by atoms with Gasteiger partial charge in [-0.2, -0.15) is 0 Å². The van der Waals surface area contributed by atoms with Gasteiger partial charge in [-0.1, -0.05) is 47.5 Å². The molecule has 4 atom stereocenters. The van der Waals surface area contributed by atoms with Gasteiger partial charge < -0.3 is 4.43 Å². The SMILES string of the molecule is CCC(=NC1C(C)CCCC1C)C(CCCO[Si](C)(C)C)=NC1C(C)CCCC1C. The third-order valence-electron chi connectivity index (χ3n) is 7.34. The molecule has 3 nitrogen and oxygen atoms in total. The maximum atomic E-state index is 6.15. The first kappa shape index (κ1) is 25.8. The Balaban J connectivity index is 2.25. The van der Waals surface area contributed by atoms with Crippen LogP contribution in [0.4, 0.5) is 0 Å². The van der Waals surface area contributed by atoms with E-state index >= 15 is 0 Å². The highest BCUT2D eigenvalue weighted by atomic mass is 28.4. The van der Waals surface area contributed by atoms with E-state index in [1.807, 2.05) is 0 Å². The molecule has 4 unspecified atom stereocenters. The molecule has 0 aromatic rings. The van der Waals surface area contributed by atoms with E-state index in [0.29, 0.717) is 35.8 Å². The Kier molecular flexibility index (Phi) is 10.3. The van der Waals surface area contributed by atoms with Crippen LogP contribution in [0.3, 0.4) is 0 Å². The summed E-state index contributed by atoms with van der Waals surface area (Å²) in [6.07, 6.45) is 11.1. The molecule has 0 radical (unpaired) electrons. The van der Waals surface area contributed by atoms with Gasteiger partial charge in [0.1, 0.15) is 0 Å². The summed E-state index contributed by atoms with van der Waals surface area (Å²) in [5.74, 6) is 2.76. The first-order chi connectivity index (χ1) is 14.1. The van der Waals surface area contributed by atoms with E-state index < -0.39 is 8.32 Å². The van der Waals surface area contributed by atoms with Crippen molar-refractivity contribution < 1.29 is 4.43 Å². The Morgan fingerprint density at radius 2 is 1.20 bits per heavy atom. The van der Waals surface area contributed by atoms with Gasteiger partial charge in [0.25, 0.3) is 0 Å². The van der Waals surface area contributed by atoms with Crippen LogP contribution in [-0.4, -0.2) is 38.4 Å². The Bertz CT molecular complexity index is 560. The van der Waals surface area contributed by atoms with Gasteiger partial charge in [-0.3, -0.25) is 9.98 Å². The number of hydrogen-bond acceptors (Lipinski definition) is 3. The topological polar surface area (TPSA) is 34.0 Å². The molecule has 0 aliphatic heterocycles. The van der Waals surface area contributed by atoms with Crippen LogP contribution in [0.2, 0.25) is 19.6 Å². The summed E-state index contributed by atoms with van der Waals surface area (Å²) < 4.78 is 6.15. The van der Waals surface area contributed by atoms with Crippen molar-refractivity contribution in [3.8, 4) is 0 Å². The molecule has 0 spiro atoms. The molecule has 2 rings (SSSR count). The lowest BCUT2D eigenvalue weighted by Gasteiger charge is -2.34. The number of aliphatic imine (C=N–C) groups is 2. The van der Waals surface area contributed by atoms with Crippen LogP contribution in [0.5, 0.6) is 0 Å². The lowest BCUT2D eigenvalue weighted by Crippen LogP contribution is -2.33. The van der Waals surface area contributed by atoms with E-state index in [0.717, 1.165) is 25.9 Å². The zero-order chi connectivity index (χ0) is 22.3. The summed E-state index contributed by atoms with van der Waals surface area (Å²) in [6, 6.07) is 0.933. The number of nitrogens with zero attached hydrogens (tertiary/aromatic N) is 2. The highest BCUT2D eigenvalue weighted by Gasteiger charge is 2.30. The van der Waals surface area contributed by atoms with Gasteiger partial charge in [0, 0.05) is 6.61 Å². The first-order valence-electron chi connectivity index (χ1n) is 12.9. The van der Waals surface area contributed by atoms with Crippen molar-refractivity contribution in [3.63, 3.8) is 0 Å². The summed E-state index contributed by atoms with van der Waals surface area (Å²) in [6.45, 7) is 19.6. The van der Waals surface area contributed by atoms with Gasteiger partial charge in [0.05, 0.1) is 23.5 Å². The molecule has 0 aromatic carbocycles. The predicted molar refractivity (Wildman–Crippen MR) is 136 cm³/mol. The van der Waals surface area contributed by atoms with Crippen molar-refractivity contribution in [2.75, 3.05) is 6.61 Å². The Hall–Kier alpha value is -0.483. The summed E-state index contributed by atoms with van der Waals surface area (Å²) in [4.78, 5) is 10.9. The average molecular weight is 435 g/mol. The van der Waals surface area contributed by atoms with E-state index in [4.69, 9.17) is 14.4 Å². The van der Waals surface area contributed by atoms with Crippen molar-refractivity contribution in [1.29, 1.82) is 0 Å². The minimum atomic E-state index is -1.45. The van der Waals surface area contributed by atoms with Crippen LogP contribution in [0.1, 0.15) is 92.4 Å². The van der Waals surface area contributed by atoms with Crippen LogP contribution >= 0.6 is 0 Å². The maximum Gasteiger partial charge on any atom is 0.183 e. The molecule has 2 fully saturated rings. The molecule has 0 heterocycles. The number of hydrogen-bond donors (Lipinski definition) is 0. The molecular formula is C26H50N2OSi. The fourth-order valence-electron chi connectivity index (χ4n) is 5.47. The third-order valence-corrected chi connectivity index (χ3v) is 8.41. The molecule has 0 bridgehead atoms. The number of rotatable bonds is 9. The molecule has 0 amide bonds. The zero-order valence-electron chi connectivity index (χ0n) is 21.3. The van der Waals surface area contributed by atoms with Crippen molar-refractivity contribution in [2.45, 2.75) is 124 Å². The largest absolute Gasteiger partial charge is 0.418 e. The molecule has 2 aliphatic carbocycles. The second-order valence-corrected chi connectivity index (χ2v) is 15.8. The normalized spacial score (nSPS) is 34.3. The molecule has 174 valence electrons. The van der Waals surface area contributed by atoms with E-state index in [2.05, 4.69) is 54.3 Å². The fraction of sp³-hybridized carbons (Fsp3) is 0.923. The smallest absolute Gasteiger partial charge is 0.183 e. The van der Waals surface area contributed by atoms with Crippen LogP contribution < -0.4 is 0 Å². The molecule has 4 heteroatoms. The predicted octanol–water partition coefficient (Wildman–Crippen LogP) is 7.56. The second-order valence-electron chi connectivity index (χ2n) is 11.3. The lowest BCUT2D eigenvalue weighted by molar-refractivity contribution is 0.251. The summed E-state index contributed by atoms with van der Waals surface area (Å²) in [5, 5.41) is 0. The van der Waals surface area contributed by atoms with Crippen LogP contribution in [0.15, 0.2) is 9.98 Å². The first-order valence-corrected chi connectivity index (χ1v) is 16.3. The Morgan fingerprint density at radius 1 is 0.767 bits per heavy atom. The second kappa shape index (κ2) is 11.9. The van der Waals surface area contributed by atoms with E-state index in [-0.39, 0.29) is 0 Å². The summed E-state index contributed by atoms with van der Waals surface area (Å²) in [5.41, 5.74) is 2.59. The minimum Gasteiger partial charge on any atom is -0.418 e. The zero-order valence-corrected chi connectivity index (χ0v) is 22.3. The van der Waals surface area contributed by atoms with Gasteiger partial charge in [-0.05, 0) is 88.3 Å². The molecular weight excluding hydrogens is 384 g/mol. The molecule has 2 aliphatic rings. The van der Waals surface area contributed by atoms with Crippen LogP contribution in [0.25, 0.3) is 0 Å². The van der Waals surface area contributed by atoms with E-state index in [1.54, 1.807) is 0 Å². The highest BCUT2D eigenvalue weighted by molar-refractivity contribution is 6.69. The molecule has 0 saturated heterocycles. The average Bonchev–Trinajstić information content (AvgIpc) is 2.66. The van der Waals surface area contributed by atoms with Gasteiger partial charge in [-0.15, -0.1) is 0 Å². The van der Waals surface area contributed by atoms with Gasteiger partial charge in [0.2, 0.25) is 0 Å². The fourth-order valence-corrected chi connectivity index (χ4v) is 6.23. The molecule has 0 N–H and O–H groups in total. The third kappa shape index (κ3) is 7.89. The van der Waals surface area contributed by atoms with Gasteiger partial charge in [-0.25, -0.2) is 0 Å². The van der Waals surface area contributed by atoms with Gasteiger partial charge >= 0.3 is 0 Å². The van der Waals surface area contributed by atoms with Crippen molar-refractivity contribution >= 4 is 19.7 Å². The lowest BCUT2D eigenvalue weighted by atomic mass is 9.78. The van der Waals surface area contributed by atoms with Crippen LogP contribution in [-0.2, 0) is 4.43 Å². The standard InChI is InChI=1S/C26H50N2OSi/c1-9-23(27-25-19(2)13-10-14-20(25)3)24(17-12-18-29-30(6,7)8)28-26-21(4)15-11-16-22(26)5/h19-22,25-26H,9-18H2,1-8H3. The quantitative estimate of drug-likeness (QED) is 0.209. The molecule has 0 aromatic heterocycles. The monoisotopic (exact) mass is 434 g/mol. The van der Waals surface area contributed by atoms with E-state index in [9.17, 15) is 0 Å². The van der Waals surface area contributed by atoms with Crippen molar-refractivity contribution in [1.82, 2.24) is 0 Å². The maximum absolute atomic E-state index is 6.15. The Morgan fingerprint density at radius 3 is 1.60 bits per heavy atom. The van der Waals surface area contributed by atoms with Crippen molar-refractivity contribution in [3.05, 3.63) is 0 Å². The summed E-state index contributed by atoms with van der Waals surface area (Å²) in [7, 11) is -1.45. The van der Waals surface area contributed by atoms with Crippen molar-refractivity contribution in [2.24, 2.45) is 33.7 Å². The van der Waals surface area contributed by atoms with Crippen LogP contribution in [0, 0.1) is 23.7 Å². The summed E-state index contributed by atoms with van der Waals surface area (Å²) >= 11 is 0.